The molecular formula is C19H23NO5S. The van der Waals surface area contributed by atoms with Gasteiger partial charge in [0.05, 0.1) is 18.5 Å². The topological polar surface area (TPSA) is 98.8 Å². The monoisotopic (exact) mass is 377 g/mol. The number of nitrogens with two attached hydrogens (primary N) is 1. The number of primary sulfonamides is 1. The van der Waals surface area contributed by atoms with Gasteiger partial charge in [-0.15, -0.1) is 0 Å². The summed E-state index contributed by atoms with van der Waals surface area (Å²) < 4.78 is 34.3. The smallest absolute Gasteiger partial charge is 0.211 e. The zero-order valence-electron chi connectivity index (χ0n) is 14.5. The van der Waals surface area contributed by atoms with Crippen LogP contribution in [0.4, 0.5) is 0 Å². The normalized spacial score (nSPS) is 24.3. The fraction of sp³-hybridized carbons (Fsp3) is 0.368. The molecule has 3 unspecified atom stereocenters. The summed E-state index contributed by atoms with van der Waals surface area (Å²) in [6, 6.07) is 16.5. The summed E-state index contributed by atoms with van der Waals surface area (Å²) in [5, 5.41) is 15.6. The van der Waals surface area contributed by atoms with Gasteiger partial charge in [-0.25, -0.2) is 13.6 Å². The quantitative estimate of drug-likeness (QED) is 0.805. The molecule has 1 saturated heterocycles. The van der Waals surface area contributed by atoms with Crippen molar-refractivity contribution in [3.8, 4) is 11.5 Å². The van der Waals surface area contributed by atoms with Crippen molar-refractivity contribution in [1.29, 1.82) is 0 Å². The molecule has 0 aromatic heterocycles. The van der Waals surface area contributed by atoms with E-state index in [-0.39, 0.29) is 18.9 Å². The van der Waals surface area contributed by atoms with Gasteiger partial charge in [0.1, 0.15) is 17.1 Å². The van der Waals surface area contributed by atoms with Crippen LogP contribution in [0.3, 0.4) is 0 Å². The Labute approximate surface area is 153 Å². The highest BCUT2D eigenvalue weighted by molar-refractivity contribution is 7.89. The van der Waals surface area contributed by atoms with Gasteiger partial charge in [0.15, 0.2) is 0 Å². The highest BCUT2D eigenvalue weighted by Gasteiger charge is 2.45. The Morgan fingerprint density at radius 3 is 2.42 bits per heavy atom. The van der Waals surface area contributed by atoms with Crippen LogP contribution < -0.4 is 9.88 Å². The van der Waals surface area contributed by atoms with Gasteiger partial charge in [0, 0.05) is 5.92 Å². The second kappa shape index (κ2) is 7.36. The molecule has 140 valence electrons. The number of ether oxygens (including phenoxy) is 2. The maximum absolute atomic E-state index is 11.5. The van der Waals surface area contributed by atoms with Crippen molar-refractivity contribution in [1.82, 2.24) is 0 Å². The lowest BCUT2D eigenvalue weighted by atomic mass is 9.81. The van der Waals surface area contributed by atoms with E-state index in [2.05, 4.69) is 0 Å². The van der Waals surface area contributed by atoms with Gasteiger partial charge in [-0.1, -0.05) is 30.3 Å². The van der Waals surface area contributed by atoms with Crippen LogP contribution in [0, 0.1) is 5.92 Å². The molecule has 1 heterocycles. The zero-order chi connectivity index (χ0) is 18.8. The second-order valence-corrected chi connectivity index (χ2v) is 8.69. The molecule has 3 atom stereocenters. The van der Waals surface area contributed by atoms with E-state index in [9.17, 15) is 13.5 Å². The Hall–Kier alpha value is -1.93. The van der Waals surface area contributed by atoms with Crippen molar-refractivity contribution in [2.75, 3.05) is 13.2 Å². The van der Waals surface area contributed by atoms with E-state index < -0.39 is 20.9 Å². The van der Waals surface area contributed by atoms with Crippen molar-refractivity contribution in [3.05, 3.63) is 60.2 Å². The predicted molar refractivity (Wildman–Crippen MR) is 98.4 cm³/mol. The highest BCUT2D eigenvalue weighted by Crippen LogP contribution is 2.39. The summed E-state index contributed by atoms with van der Waals surface area (Å²) >= 11 is 0. The average molecular weight is 377 g/mol. The molecule has 1 aliphatic rings. The van der Waals surface area contributed by atoms with Gasteiger partial charge in [0.2, 0.25) is 10.0 Å². The SMILES string of the molecule is CC(CC1COCC1(O)c1ccc(Oc2ccccc2)cc1)S(N)(=O)=O. The molecule has 3 N–H and O–H groups in total. The van der Waals surface area contributed by atoms with Crippen molar-refractivity contribution in [2.24, 2.45) is 11.1 Å². The van der Waals surface area contributed by atoms with E-state index in [1.807, 2.05) is 30.3 Å². The molecule has 26 heavy (non-hydrogen) atoms. The molecule has 0 radical (unpaired) electrons. The minimum Gasteiger partial charge on any atom is -0.457 e. The Kier molecular flexibility index (Phi) is 5.34. The van der Waals surface area contributed by atoms with Gasteiger partial charge < -0.3 is 14.6 Å². The van der Waals surface area contributed by atoms with Crippen LogP contribution in [0.2, 0.25) is 0 Å². The second-order valence-electron chi connectivity index (χ2n) is 6.71. The van der Waals surface area contributed by atoms with Crippen molar-refractivity contribution >= 4 is 10.0 Å². The molecule has 0 aliphatic carbocycles. The first-order valence-electron chi connectivity index (χ1n) is 8.44. The Bertz CT molecular complexity index is 838. The van der Waals surface area contributed by atoms with E-state index in [1.54, 1.807) is 31.2 Å². The molecular weight excluding hydrogens is 354 g/mol. The number of benzene rings is 2. The third kappa shape index (κ3) is 4.07. The fourth-order valence-corrected chi connectivity index (χ4v) is 3.67. The summed E-state index contributed by atoms with van der Waals surface area (Å²) in [5.41, 5.74) is -0.577. The Balaban J connectivity index is 1.76. The molecule has 1 fully saturated rings. The third-order valence-corrected chi connectivity index (χ3v) is 6.14. The van der Waals surface area contributed by atoms with E-state index in [1.165, 1.54) is 0 Å². The van der Waals surface area contributed by atoms with Crippen LogP contribution in [0.5, 0.6) is 11.5 Å². The number of hydrogen-bond donors (Lipinski definition) is 2. The fourth-order valence-electron chi connectivity index (χ4n) is 3.17. The first-order chi connectivity index (χ1) is 12.3. The minimum atomic E-state index is -3.65. The maximum Gasteiger partial charge on any atom is 0.211 e. The number of hydrogen-bond acceptors (Lipinski definition) is 5. The molecule has 3 rings (SSSR count). The predicted octanol–water partition coefficient (Wildman–Crippen LogP) is 2.38. The van der Waals surface area contributed by atoms with E-state index in [4.69, 9.17) is 14.6 Å². The largest absolute Gasteiger partial charge is 0.457 e. The van der Waals surface area contributed by atoms with Crippen LogP contribution >= 0.6 is 0 Å². The maximum atomic E-state index is 11.5. The average Bonchev–Trinajstić information content (AvgIpc) is 2.97. The van der Waals surface area contributed by atoms with E-state index in [0.29, 0.717) is 17.9 Å². The molecule has 0 spiro atoms. The van der Waals surface area contributed by atoms with Crippen LogP contribution in [-0.2, 0) is 20.4 Å². The van der Waals surface area contributed by atoms with E-state index in [0.717, 1.165) is 5.75 Å². The lowest BCUT2D eigenvalue weighted by Crippen LogP contribution is -2.38. The van der Waals surface area contributed by atoms with Crippen LogP contribution in [-0.4, -0.2) is 32.0 Å². The third-order valence-electron chi connectivity index (χ3n) is 4.83. The Morgan fingerprint density at radius 1 is 1.19 bits per heavy atom. The first-order valence-corrected chi connectivity index (χ1v) is 10.0. The van der Waals surface area contributed by atoms with Gasteiger partial charge >= 0.3 is 0 Å². The molecule has 1 aliphatic heterocycles. The first kappa shape index (κ1) is 18.8. The molecule has 0 saturated carbocycles. The lowest BCUT2D eigenvalue weighted by molar-refractivity contribution is -0.00581. The van der Waals surface area contributed by atoms with Gasteiger partial charge in [0.25, 0.3) is 0 Å². The van der Waals surface area contributed by atoms with Gasteiger partial charge in [-0.2, -0.15) is 0 Å². The molecule has 0 bridgehead atoms. The van der Waals surface area contributed by atoms with Crippen LogP contribution in [0.25, 0.3) is 0 Å². The molecule has 6 nitrogen and oxygen atoms in total. The van der Waals surface area contributed by atoms with E-state index >= 15 is 0 Å². The number of rotatable bonds is 6. The summed E-state index contributed by atoms with van der Waals surface area (Å²) in [7, 11) is -3.65. The van der Waals surface area contributed by atoms with Crippen molar-refractivity contribution < 1.29 is 23.0 Å². The van der Waals surface area contributed by atoms with Gasteiger partial charge in [-0.3, -0.25) is 0 Å². The molecule has 0 amide bonds. The zero-order valence-corrected chi connectivity index (χ0v) is 15.4. The summed E-state index contributed by atoms with van der Waals surface area (Å²) in [4.78, 5) is 0. The Morgan fingerprint density at radius 2 is 1.81 bits per heavy atom. The van der Waals surface area contributed by atoms with Crippen molar-refractivity contribution in [2.45, 2.75) is 24.2 Å². The summed E-state index contributed by atoms with van der Waals surface area (Å²) in [5.74, 6) is 1.02. The molecule has 2 aromatic rings. The number of para-hydroxylation sites is 1. The van der Waals surface area contributed by atoms with Crippen molar-refractivity contribution in [3.63, 3.8) is 0 Å². The van der Waals surface area contributed by atoms with Crippen LogP contribution in [0.1, 0.15) is 18.9 Å². The minimum absolute atomic E-state index is 0.119. The summed E-state index contributed by atoms with van der Waals surface area (Å²) in [6.07, 6.45) is 0.234. The van der Waals surface area contributed by atoms with Crippen LogP contribution in [0.15, 0.2) is 54.6 Å². The van der Waals surface area contributed by atoms with Gasteiger partial charge in [-0.05, 0) is 43.2 Å². The molecule has 7 heteroatoms. The number of aliphatic hydroxyl groups is 1. The standard InChI is InChI=1S/C19H23NO5S/c1-14(26(20,22)23)11-16-12-24-13-19(16,21)15-7-9-18(10-8-15)25-17-5-3-2-4-6-17/h2-10,14,16,21H,11-13H2,1H3,(H2,20,22,23). The number of sulfonamides is 1. The highest BCUT2D eigenvalue weighted by atomic mass is 32.2. The lowest BCUT2D eigenvalue weighted by Gasteiger charge is -2.30. The summed E-state index contributed by atoms with van der Waals surface area (Å²) in [6.45, 7) is 1.96. The molecule has 2 aromatic carbocycles.